The van der Waals surface area contributed by atoms with Gasteiger partial charge in [-0.3, -0.25) is 18.9 Å². The Kier molecular flexibility index (Phi) is 8.69. The van der Waals surface area contributed by atoms with E-state index in [1.807, 2.05) is 36.4 Å². The summed E-state index contributed by atoms with van der Waals surface area (Å²) in [5, 5.41) is 21.3. The minimum absolute atomic E-state index is 0.0602. The van der Waals surface area contributed by atoms with Crippen molar-refractivity contribution in [2.45, 2.75) is 42.8 Å². The number of anilines is 1. The molecule has 1 aliphatic rings. The highest BCUT2D eigenvalue weighted by molar-refractivity contribution is 8.00. The molecule has 2 aromatic carbocycles. The van der Waals surface area contributed by atoms with E-state index in [0.717, 1.165) is 18.4 Å². The number of unbranched alkanes of at least 4 members (excludes halogenated alkanes) is 1. The second-order valence-corrected chi connectivity index (χ2v) is 12.7. The number of ether oxygens (including phenoxy) is 1. The Morgan fingerprint density at radius 1 is 1.09 bits per heavy atom. The number of Topliss-reactive ketones (excluding diaryl/α,β-unsaturated/α-hetero) is 1. The average molecular weight is 646 g/mol. The number of rotatable bonds is 10. The van der Waals surface area contributed by atoms with Gasteiger partial charge in [0.2, 0.25) is 5.13 Å². The first-order valence-corrected chi connectivity index (χ1v) is 16.2. The maximum absolute atomic E-state index is 13.8. The highest BCUT2D eigenvalue weighted by atomic mass is 35.5. The van der Waals surface area contributed by atoms with Crippen LogP contribution in [0.25, 0.3) is 11.4 Å². The van der Waals surface area contributed by atoms with Gasteiger partial charge in [0.05, 0.1) is 23.9 Å². The smallest absolute Gasteiger partial charge is 0.301 e. The van der Waals surface area contributed by atoms with Gasteiger partial charge in [0, 0.05) is 17.0 Å². The molecule has 1 saturated heterocycles. The summed E-state index contributed by atoms with van der Waals surface area (Å²) in [6.07, 6.45) is 3.62. The molecule has 0 aliphatic carbocycles. The van der Waals surface area contributed by atoms with Crippen LogP contribution in [-0.2, 0) is 15.3 Å². The lowest BCUT2D eigenvalue weighted by Crippen LogP contribution is -2.29. The number of imidazole rings is 1. The van der Waals surface area contributed by atoms with Gasteiger partial charge in [-0.05, 0) is 54.8 Å². The van der Waals surface area contributed by atoms with E-state index in [4.69, 9.17) is 16.3 Å². The molecule has 4 heterocycles. The zero-order valence-electron chi connectivity index (χ0n) is 23.9. The van der Waals surface area contributed by atoms with E-state index < -0.39 is 17.7 Å². The van der Waals surface area contributed by atoms with Gasteiger partial charge in [-0.1, -0.05) is 84.4 Å². The summed E-state index contributed by atoms with van der Waals surface area (Å²) < 4.78 is 8.26. The molecule has 1 amide bonds. The van der Waals surface area contributed by atoms with E-state index in [9.17, 15) is 14.7 Å². The third-order valence-corrected chi connectivity index (χ3v) is 9.70. The normalized spacial score (nSPS) is 16.2. The lowest BCUT2D eigenvalue weighted by Gasteiger charge is -2.23. The quantitative estimate of drug-likeness (QED) is 0.0423. The number of halogens is 1. The van der Waals surface area contributed by atoms with Crippen LogP contribution >= 0.6 is 34.7 Å². The number of ketones is 1. The number of thioether (sulfide) groups is 1. The maximum Gasteiger partial charge on any atom is 0.301 e. The topological polar surface area (TPSA) is 110 Å². The van der Waals surface area contributed by atoms with Gasteiger partial charge in [0.1, 0.15) is 17.1 Å². The summed E-state index contributed by atoms with van der Waals surface area (Å²) in [4.78, 5) is 33.4. The van der Waals surface area contributed by atoms with Crippen LogP contribution in [0.4, 0.5) is 5.13 Å². The molecule has 1 fully saturated rings. The molecule has 0 saturated carbocycles. The van der Waals surface area contributed by atoms with Crippen molar-refractivity contribution >= 4 is 62.9 Å². The number of aliphatic hydroxyl groups excluding tert-OH is 1. The number of aromatic nitrogens is 4. The van der Waals surface area contributed by atoms with Crippen LogP contribution in [0.3, 0.4) is 0 Å². The number of pyridine rings is 1. The largest absolute Gasteiger partial charge is 0.505 e. The molecule has 9 nitrogen and oxygen atoms in total. The first kappa shape index (κ1) is 29.9. The van der Waals surface area contributed by atoms with E-state index in [2.05, 4.69) is 22.1 Å². The summed E-state index contributed by atoms with van der Waals surface area (Å²) in [5.74, 6) is -0.793. The minimum atomic E-state index is -0.979. The first-order chi connectivity index (χ1) is 21.4. The van der Waals surface area contributed by atoms with Crippen LogP contribution in [0.5, 0.6) is 5.75 Å². The molecule has 0 spiro atoms. The number of hydrogen-bond donors (Lipinski definition) is 1. The summed E-state index contributed by atoms with van der Waals surface area (Å²) >= 11 is 8.96. The number of carbonyl (C=O) groups excluding carboxylic acids is 2. The molecule has 3 aromatic heterocycles. The third kappa shape index (κ3) is 5.70. The van der Waals surface area contributed by atoms with Gasteiger partial charge < -0.3 is 9.84 Å². The molecule has 0 radical (unpaired) electrons. The fraction of sp³-hybridized carbons (Fsp3) is 0.219. The van der Waals surface area contributed by atoms with Gasteiger partial charge in [0.25, 0.3) is 5.78 Å². The summed E-state index contributed by atoms with van der Waals surface area (Å²) in [6.45, 7) is 4.37. The van der Waals surface area contributed by atoms with Crippen molar-refractivity contribution in [1.29, 1.82) is 0 Å². The third-order valence-electron chi connectivity index (χ3n) is 7.22. The van der Waals surface area contributed by atoms with Crippen molar-refractivity contribution in [2.75, 3.05) is 11.5 Å². The van der Waals surface area contributed by atoms with Gasteiger partial charge in [0.15, 0.2) is 10.1 Å². The van der Waals surface area contributed by atoms with Crippen LogP contribution in [0, 0.1) is 6.92 Å². The molecule has 1 N–H and O–H groups in total. The zero-order chi connectivity index (χ0) is 30.8. The van der Waals surface area contributed by atoms with Crippen LogP contribution < -0.4 is 9.64 Å². The predicted molar refractivity (Wildman–Crippen MR) is 172 cm³/mol. The van der Waals surface area contributed by atoms with Gasteiger partial charge in [-0.2, -0.15) is 0 Å². The molecular formula is C32H28ClN5O4S2. The molecule has 6 rings (SSSR count). The molecule has 5 aromatic rings. The van der Waals surface area contributed by atoms with E-state index in [0.29, 0.717) is 50.1 Å². The van der Waals surface area contributed by atoms with Crippen molar-refractivity contribution in [1.82, 2.24) is 19.6 Å². The molecular weight excluding hydrogens is 618 g/mol. The number of amides is 1. The van der Waals surface area contributed by atoms with Crippen molar-refractivity contribution in [3.8, 4) is 5.75 Å². The van der Waals surface area contributed by atoms with Crippen molar-refractivity contribution < 1.29 is 19.4 Å². The average Bonchev–Trinajstić information content (AvgIpc) is 3.70. The minimum Gasteiger partial charge on any atom is -0.505 e. The van der Waals surface area contributed by atoms with Crippen LogP contribution in [0.15, 0.2) is 82.8 Å². The summed E-state index contributed by atoms with van der Waals surface area (Å²) in [7, 11) is 0. The van der Waals surface area contributed by atoms with E-state index in [1.54, 1.807) is 47.9 Å². The Labute approximate surface area is 267 Å². The zero-order valence-corrected chi connectivity index (χ0v) is 26.3. The van der Waals surface area contributed by atoms with E-state index >= 15 is 0 Å². The highest BCUT2D eigenvalue weighted by Gasteiger charge is 2.49. The molecule has 1 aliphatic heterocycles. The standard InChI is InChI=1S/C32H28ClN5O4S2/c1-3-4-16-42-22-12-9-11-20(17-22)27-25(28(39)26-19(2)34-24-14-7-8-15-37(24)26)29(40)30(41)38(27)31-35-36-32(44-31)43-18-21-10-5-6-13-23(21)33/h5-15,17,27,39H,3-4,16,18H2,1-2H3/b28-25+. The Morgan fingerprint density at radius 3 is 2.73 bits per heavy atom. The molecule has 44 heavy (non-hydrogen) atoms. The fourth-order valence-corrected chi connectivity index (χ4v) is 7.25. The molecule has 0 bridgehead atoms. The Hall–Kier alpha value is -4.19. The lowest BCUT2D eigenvalue weighted by molar-refractivity contribution is -0.132. The number of aliphatic hydroxyl groups is 1. The van der Waals surface area contributed by atoms with Crippen LogP contribution in [-0.4, -0.2) is 43.0 Å². The second kappa shape index (κ2) is 12.8. The number of nitrogens with zero attached hydrogens (tertiary/aromatic N) is 5. The van der Waals surface area contributed by atoms with Crippen LogP contribution in [0.1, 0.15) is 48.3 Å². The van der Waals surface area contributed by atoms with E-state index in [-0.39, 0.29) is 16.5 Å². The lowest BCUT2D eigenvalue weighted by atomic mass is 9.96. The van der Waals surface area contributed by atoms with Gasteiger partial charge in [-0.15, -0.1) is 10.2 Å². The van der Waals surface area contributed by atoms with Crippen LogP contribution in [0.2, 0.25) is 5.02 Å². The number of carbonyl (C=O) groups is 2. The predicted octanol–water partition coefficient (Wildman–Crippen LogP) is 7.25. The monoisotopic (exact) mass is 645 g/mol. The van der Waals surface area contributed by atoms with Crippen molar-refractivity contribution in [3.05, 3.63) is 106 Å². The Morgan fingerprint density at radius 2 is 1.91 bits per heavy atom. The molecule has 12 heteroatoms. The number of hydrogen-bond acceptors (Lipinski definition) is 9. The van der Waals surface area contributed by atoms with Crippen molar-refractivity contribution in [3.63, 3.8) is 0 Å². The number of fused-ring (bicyclic) bond motifs is 1. The highest BCUT2D eigenvalue weighted by Crippen LogP contribution is 2.45. The van der Waals surface area contributed by atoms with Crippen molar-refractivity contribution in [2.24, 2.45) is 0 Å². The Bertz CT molecular complexity index is 1900. The first-order valence-electron chi connectivity index (χ1n) is 14.0. The SMILES string of the molecule is CCCCOc1cccc(C2/C(=C(\O)c3c(C)nc4ccccn34)C(=O)C(=O)N2c2nnc(SCc3ccccc3Cl)s2)c1. The maximum atomic E-state index is 13.8. The van der Waals surface area contributed by atoms with Gasteiger partial charge >= 0.3 is 5.91 Å². The Balaban J connectivity index is 1.44. The fourth-order valence-electron chi connectivity index (χ4n) is 5.09. The molecule has 224 valence electrons. The number of benzene rings is 2. The second-order valence-electron chi connectivity index (χ2n) is 10.1. The molecule has 1 atom stereocenters. The van der Waals surface area contributed by atoms with Gasteiger partial charge in [-0.25, -0.2) is 4.98 Å². The summed E-state index contributed by atoms with van der Waals surface area (Å²) in [5.41, 5.74) is 2.94. The number of aryl methyl sites for hydroxylation is 1. The molecule has 1 unspecified atom stereocenters. The van der Waals surface area contributed by atoms with E-state index in [1.165, 1.54) is 28.0 Å². The summed E-state index contributed by atoms with van der Waals surface area (Å²) in [6, 6.07) is 19.3.